The number of alkyl halides is 1. The molecule has 0 aromatic rings. The van der Waals surface area contributed by atoms with E-state index in [-0.39, 0.29) is 6.29 Å². The monoisotopic (exact) mass is 160 g/mol. The van der Waals surface area contributed by atoms with Gasteiger partial charge in [-0.1, -0.05) is 0 Å². The van der Waals surface area contributed by atoms with Crippen LogP contribution in [0, 0.1) is 0 Å². The second-order valence-electron chi connectivity index (χ2n) is 2.33. The van der Waals surface area contributed by atoms with E-state index >= 15 is 0 Å². The highest BCUT2D eigenvalue weighted by molar-refractivity contribution is 6.18. The summed E-state index contributed by atoms with van der Waals surface area (Å²) in [6, 6.07) is 0. The van der Waals surface area contributed by atoms with Gasteiger partial charge in [0, 0.05) is 0 Å². The van der Waals surface area contributed by atoms with Gasteiger partial charge in [0.15, 0.2) is 6.29 Å². The molecule has 0 unspecified atom stereocenters. The molecule has 0 radical (unpaired) electrons. The second-order valence-corrected chi connectivity index (χ2v) is 2.33. The Labute approximate surface area is 61.3 Å². The number of hydrogen-bond acceptors (Lipinski definition) is 4. The first-order chi connectivity index (χ1) is 5.00. The molecule has 0 aromatic heterocycles. The zero-order chi connectivity index (χ0) is 8.65. The average Bonchev–Trinajstić information content (AvgIpc) is 2.14. The van der Waals surface area contributed by atoms with Gasteiger partial charge < -0.3 is 4.74 Å². The fourth-order valence-corrected chi connectivity index (χ4v) is 0.737. The largest absolute Gasteiger partial charge is 0.444 e. The molecule has 0 bridgehead atoms. The fourth-order valence-electron chi connectivity index (χ4n) is 0.737. The number of rotatable bonds is 1. The van der Waals surface area contributed by atoms with Crippen molar-refractivity contribution in [3.63, 3.8) is 0 Å². The first-order valence-corrected chi connectivity index (χ1v) is 2.89. The number of Topliss-reactive ketones (excluding diaryl/α,β-unsaturated/α-hetero) is 1. The van der Waals surface area contributed by atoms with Crippen LogP contribution in [0.4, 0.5) is 4.39 Å². The number of esters is 1. The van der Waals surface area contributed by atoms with Crippen LogP contribution in [0.25, 0.3) is 0 Å². The Hall–Kier alpha value is -1.26. The van der Waals surface area contributed by atoms with Gasteiger partial charge in [0.05, 0.1) is 0 Å². The van der Waals surface area contributed by atoms with Gasteiger partial charge in [-0.15, -0.1) is 0 Å². The minimum Gasteiger partial charge on any atom is -0.444 e. The average molecular weight is 160 g/mol. The molecule has 4 nitrogen and oxygen atoms in total. The van der Waals surface area contributed by atoms with Crippen molar-refractivity contribution in [2.75, 3.05) is 0 Å². The van der Waals surface area contributed by atoms with Crippen molar-refractivity contribution in [2.45, 2.75) is 18.7 Å². The van der Waals surface area contributed by atoms with Crippen LogP contribution in [0.1, 0.15) is 6.92 Å². The van der Waals surface area contributed by atoms with Gasteiger partial charge in [0.2, 0.25) is 11.9 Å². The minimum absolute atomic E-state index is 0.102. The van der Waals surface area contributed by atoms with Gasteiger partial charge in [-0.2, -0.15) is 0 Å². The third-order valence-corrected chi connectivity index (χ3v) is 1.46. The lowest BCUT2D eigenvalue weighted by Crippen LogP contribution is -2.34. The standard InChI is InChI=1S/C6H5FO4/c1-6(7)4(9)3(2-8)11-5(6)10/h2-3H,1H3/t3-,6-/m1/s1. The first kappa shape index (κ1) is 7.84. The van der Waals surface area contributed by atoms with Crippen molar-refractivity contribution in [1.29, 1.82) is 0 Å². The van der Waals surface area contributed by atoms with E-state index in [1.54, 1.807) is 0 Å². The summed E-state index contributed by atoms with van der Waals surface area (Å²) in [7, 11) is 0. The van der Waals surface area contributed by atoms with E-state index in [9.17, 15) is 18.8 Å². The van der Waals surface area contributed by atoms with E-state index in [0.717, 1.165) is 6.92 Å². The maximum atomic E-state index is 12.9. The Kier molecular flexibility index (Phi) is 1.51. The van der Waals surface area contributed by atoms with Crippen LogP contribution in [0.5, 0.6) is 0 Å². The summed E-state index contributed by atoms with van der Waals surface area (Å²) in [5.74, 6) is -2.42. The van der Waals surface area contributed by atoms with Crippen molar-refractivity contribution in [3.05, 3.63) is 0 Å². The molecule has 1 heterocycles. The Morgan fingerprint density at radius 2 is 2.18 bits per heavy atom. The van der Waals surface area contributed by atoms with Gasteiger partial charge in [-0.3, -0.25) is 9.59 Å². The molecule has 1 fully saturated rings. The van der Waals surface area contributed by atoms with E-state index in [1.807, 2.05) is 0 Å². The van der Waals surface area contributed by atoms with Gasteiger partial charge in [0.1, 0.15) is 0 Å². The molecule has 11 heavy (non-hydrogen) atoms. The number of hydrogen-bond donors (Lipinski definition) is 0. The number of ketones is 1. The maximum absolute atomic E-state index is 12.9. The molecule has 1 saturated heterocycles. The number of carbonyl (C=O) groups is 3. The molecule has 0 aromatic carbocycles. The smallest absolute Gasteiger partial charge is 0.352 e. The number of ether oxygens (including phenoxy) is 1. The number of cyclic esters (lactones) is 1. The Balaban J connectivity index is 2.97. The van der Waals surface area contributed by atoms with Gasteiger partial charge >= 0.3 is 5.97 Å². The lowest BCUT2D eigenvalue weighted by Gasteiger charge is -2.01. The fraction of sp³-hybridized carbons (Fsp3) is 0.500. The predicted molar refractivity (Wildman–Crippen MR) is 30.5 cm³/mol. The maximum Gasteiger partial charge on any atom is 0.352 e. The van der Waals surface area contributed by atoms with Gasteiger partial charge in [-0.05, 0) is 6.92 Å². The lowest BCUT2D eigenvalue weighted by atomic mass is 10.0. The summed E-state index contributed by atoms with van der Waals surface area (Å²) < 4.78 is 17.0. The first-order valence-electron chi connectivity index (χ1n) is 2.89. The Bertz CT molecular complexity index is 233. The summed E-state index contributed by atoms with van der Waals surface area (Å²) in [6.45, 7) is 0.779. The number of aldehydes is 1. The Morgan fingerprint density at radius 3 is 2.36 bits per heavy atom. The summed E-state index contributed by atoms with van der Waals surface area (Å²) in [6.07, 6.45) is -1.46. The number of carbonyl (C=O) groups excluding carboxylic acids is 3. The molecule has 60 valence electrons. The van der Waals surface area contributed by atoms with Crippen molar-refractivity contribution >= 4 is 18.0 Å². The molecule has 0 N–H and O–H groups in total. The SMILES string of the molecule is C[C@]1(F)C(=O)O[C@H](C=O)C1=O. The molecule has 1 aliphatic rings. The normalized spacial score (nSPS) is 37.1. The molecular weight excluding hydrogens is 155 g/mol. The van der Waals surface area contributed by atoms with Crippen molar-refractivity contribution in [2.24, 2.45) is 0 Å². The van der Waals surface area contributed by atoms with E-state index in [4.69, 9.17) is 0 Å². The van der Waals surface area contributed by atoms with Crippen LogP contribution in [0.15, 0.2) is 0 Å². The molecule has 0 amide bonds. The summed E-state index contributed by atoms with van der Waals surface area (Å²) in [5.41, 5.74) is -2.65. The minimum atomic E-state index is -2.65. The quantitative estimate of drug-likeness (QED) is 0.292. The van der Waals surface area contributed by atoms with Crippen LogP contribution in [-0.4, -0.2) is 29.8 Å². The molecule has 1 aliphatic heterocycles. The van der Waals surface area contributed by atoms with Crippen LogP contribution in [0.2, 0.25) is 0 Å². The predicted octanol–water partition coefficient (Wildman–Crippen LogP) is -0.592. The van der Waals surface area contributed by atoms with Crippen LogP contribution < -0.4 is 0 Å². The van der Waals surface area contributed by atoms with Crippen LogP contribution >= 0.6 is 0 Å². The molecular formula is C6H5FO4. The van der Waals surface area contributed by atoms with Crippen molar-refractivity contribution in [3.8, 4) is 0 Å². The van der Waals surface area contributed by atoms with Crippen molar-refractivity contribution in [1.82, 2.24) is 0 Å². The van der Waals surface area contributed by atoms with E-state index in [1.165, 1.54) is 0 Å². The zero-order valence-corrected chi connectivity index (χ0v) is 5.67. The molecule has 2 atom stereocenters. The van der Waals surface area contributed by atoms with E-state index in [2.05, 4.69) is 4.74 Å². The van der Waals surface area contributed by atoms with Gasteiger partial charge in [0.25, 0.3) is 5.67 Å². The lowest BCUT2D eigenvalue weighted by molar-refractivity contribution is -0.150. The van der Waals surface area contributed by atoms with Crippen LogP contribution in [-0.2, 0) is 19.1 Å². The highest BCUT2D eigenvalue weighted by Gasteiger charge is 2.54. The highest BCUT2D eigenvalue weighted by atomic mass is 19.1. The van der Waals surface area contributed by atoms with Crippen molar-refractivity contribution < 1.29 is 23.5 Å². The van der Waals surface area contributed by atoms with Crippen LogP contribution in [0.3, 0.4) is 0 Å². The second kappa shape index (κ2) is 2.11. The Morgan fingerprint density at radius 1 is 1.64 bits per heavy atom. The van der Waals surface area contributed by atoms with E-state index < -0.39 is 23.5 Å². The summed E-state index contributed by atoms with van der Waals surface area (Å²) in [4.78, 5) is 31.2. The third kappa shape index (κ3) is 0.923. The molecule has 0 aliphatic carbocycles. The molecule has 0 saturated carbocycles. The van der Waals surface area contributed by atoms with Gasteiger partial charge in [-0.25, -0.2) is 9.18 Å². The summed E-state index contributed by atoms with van der Waals surface area (Å²) >= 11 is 0. The topological polar surface area (TPSA) is 60.4 Å². The highest BCUT2D eigenvalue weighted by Crippen LogP contribution is 2.24. The third-order valence-electron chi connectivity index (χ3n) is 1.46. The zero-order valence-electron chi connectivity index (χ0n) is 5.67. The summed E-state index contributed by atoms with van der Waals surface area (Å²) in [5, 5.41) is 0. The molecule has 0 spiro atoms. The van der Waals surface area contributed by atoms with E-state index in [0.29, 0.717) is 0 Å². The molecule has 1 rings (SSSR count). The molecule has 5 heteroatoms. The number of halogens is 1.